The number of hydrogen-bond acceptors (Lipinski definition) is 5. The third-order valence-corrected chi connectivity index (χ3v) is 6.85. The zero-order chi connectivity index (χ0) is 18.3. The average molecular weight is 476 g/mol. The molecule has 4 aromatic rings. The predicted octanol–water partition coefficient (Wildman–Crippen LogP) is 3.64. The predicted molar refractivity (Wildman–Crippen MR) is 107 cm³/mol. The largest absolute Gasteiger partial charge is 0.270 e. The minimum atomic E-state index is -3.77. The molecule has 0 amide bonds. The molecule has 1 aromatic carbocycles. The number of halogens is 1. The topological polar surface area (TPSA) is 77.7 Å². The summed E-state index contributed by atoms with van der Waals surface area (Å²) in [5.41, 5.74) is 2.81. The second-order valence-electron chi connectivity index (χ2n) is 5.75. The Morgan fingerprint density at radius 1 is 1.08 bits per heavy atom. The number of aromatic nitrogens is 4. The highest BCUT2D eigenvalue weighted by molar-refractivity contribution is 14.1. The molecule has 0 aliphatic rings. The normalized spacial score (nSPS) is 11.8. The van der Waals surface area contributed by atoms with Crippen molar-refractivity contribution in [2.75, 3.05) is 0 Å². The van der Waals surface area contributed by atoms with E-state index >= 15 is 0 Å². The molecular weight excluding hydrogens is 463 g/mol. The Morgan fingerprint density at radius 2 is 1.85 bits per heavy atom. The third kappa shape index (κ3) is 2.78. The first-order valence-electron chi connectivity index (χ1n) is 7.73. The van der Waals surface area contributed by atoms with Crippen LogP contribution in [0.25, 0.3) is 22.3 Å². The molecule has 0 aliphatic heterocycles. The van der Waals surface area contributed by atoms with Gasteiger partial charge in [-0.25, -0.2) is 22.4 Å². The smallest absolute Gasteiger partial charge is 0.264 e. The maximum absolute atomic E-state index is 13.2. The summed E-state index contributed by atoms with van der Waals surface area (Å²) in [6, 6.07) is 12.3. The van der Waals surface area contributed by atoms with Crippen molar-refractivity contribution < 1.29 is 8.42 Å². The van der Waals surface area contributed by atoms with Gasteiger partial charge in [0.1, 0.15) is 6.33 Å². The highest BCUT2D eigenvalue weighted by atomic mass is 127. The summed E-state index contributed by atoms with van der Waals surface area (Å²) in [5.74, 6) is 0. The van der Waals surface area contributed by atoms with Gasteiger partial charge in [0.15, 0.2) is 5.65 Å². The maximum atomic E-state index is 13.2. The number of pyridine rings is 1. The molecule has 4 rings (SSSR count). The first-order chi connectivity index (χ1) is 12.5. The van der Waals surface area contributed by atoms with Gasteiger partial charge in [-0.1, -0.05) is 17.7 Å². The van der Waals surface area contributed by atoms with Crippen LogP contribution in [-0.2, 0) is 10.0 Å². The van der Waals surface area contributed by atoms with Crippen LogP contribution in [0.5, 0.6) is 0 Å². The van der Waals surface area contributed by atoms with Gasteiger partial charge < -0.3 is 0 Å². The lowest BCUT2D eigenvalue weighted by Crippen LogP contribution is -2.15. The summed E-state index contributed by atoms with van der Waals surface area (Å²) in [7, 11) is -3.77. The van der Waals surface area contributed by atoms with Crippen LogP contribution in [-0.4, -0.2) is 27.3 Å². The minimum absolute atomic E-state index is 0.222. The van der Waals surface area contributed by atoms with E-state index in [4.69, 9.17) is 0 Å². The summed E-state index contributed by atoms with van der Waals surface area (Å²) in [6.07, 6.45) is 4.75. The Morgan fingerprint density at radius 3 is 2.54 bits per heavy atom. The van der Waals surface area contributed by atoms with Gasteiger partial charge in [-0.2, -0.15) is 0 Å². The van der Waals surface area contributed by atoms with Crippen molar-refractivity contribution in [1.29, 1.82) is 0 Å². The van der Waals surface area contributed by atoms with Gasteiger partial charge in [-0.3, -0.25) is 4.98 Å². The van der Waals surface area contributed by atoms with E-state index in [0.717, 1.165) is 11.1 Å². The van der Waals surface area contributed by atoms with E-state index in [0.29, 0.717) is 20.4 Å². The van der Waals surface area contributed by atoms with Crippen LogP contribution in [0, 0.1) is 10.6 Å². The van der Waals surface area contributed by atoms with Crippen LogP contribution in [0.3, 0.4) is 0 Å². The van der Waals surface area contributed by atoms with Crippen molar-refractivity contribution in [2.45, 2.75) is 11.8 Å². The molecule has 0 fully saturated rings. The van der Waals surface area contributed by atoms with Crippen molar-refractivity contribution in [3.63, 3.8) is 0 Å². The Hall–Kier alpha value is -2.33. The van der Waals surface area contributed by atoms with Crippen molar-refractivity contribution in [3.8, 4) is 11.3 Å². The molecule has 3 aromatic heterocycles. The minimum Gasteiger partial charge on any atom is -0.264 e. The van der Waals surface area contributed by atoms with Gasteiger partial charge in [0, 0.05) is 23.3 Å². The fourth-order valence-electron chi connectivity index (χ4n) is 2.74. The number of aryl methyl sites for hydroxylation is 1. The molecule has 6 nitrogen and oxygen atoms in total. The fourth-order valence-corrected chi connectivity index (χ4v) is 5.40. The van der Waals surface area contributed by atoms with Crippen molar-refractivity contribution >= 4 is 43.6 Å². The van der Waals surface area contributed by atoms with Crippen molar-refractivity contribution in [1.82, 2.24) is 18.9 Å². The quantitative estimate of drug-likeness (QED) is 0.422. The van der Waals surface area contributed by atoms with Crippen LogP contribution in [0.15, 0.2) is 66.1 Å². The molecule has 0 unspecified atom stereocenters. The van der Waals surface area contributed by atoms with Gasteiger partial charge in [-0.15, -0.1) is 0 Å². The molecule has 26 heavy (non-hydrogen) atoms. The van der Waals surface area contributed by atoms with Crippen LogP contribution in [0.2, 0.25) is 0 Å². The molecule has 3 heterocycles. The van der Waals surface area contributed by atoms with E-state index < -0.39 is 10.0 Å². The summed E-state index contributed by atoms with van der Waals surface area (Å²) in [6.45, 7) is 1.92. The summed E-state index contributed by atoms with van der Waals surface area (Å²) < 4.78 is 28.2. The van der Waals surface area contributed by atoms with Crippen LogP contribution < -0.4 is 0 Å². The first-order valence-corrected chi connectivity index (χ1v) is 10.2. The molecule has 0 N–H and O–H groups in total. The van der Waals surface area contributed by atoms with E-state index in [9.17, 15) is 8.42 Å². The van der Waals surface area contributed by atoms with Crippen molar-refractivity contribution in [2.24, 2.45) is 0 Å². The number of rotatable bonds is 3. The molecule has 0 aliphatic carbocycles. The Bertz CT molecular complexity index is 1200. The molecule has 0 bridgehead atoms. The van der Waals surface area contributed by atoms with E-state index in [1.54, 1.807) is 42.7 Å². The second kappa shape index (κ2) is 6.44. The number of fused-ring (bicyclic) bond motifs is 1. The van der Waals surface area contributed by atoms with E-state index in [1.807, 2.05) is 41.6 Å². The molecular formula is C18H13IN4O2S. The average Bonchev–Trinajstić information content (AvgIpc) is 2.99. The maximum Gasteiger partial charge on any atom is 0.270 e. The van der Waals surface area contributed by atoms with Gasteiger partial charge in [0.2, 0.25) is 0 Å². The molecule has 130 valence electrons. The lowest BCUT2D eigenvalue weighted by molar-refractivity contribution is 0.587. The number of benzene rings is 1. The number of hydrogen-bond donors (Lipinski definition) is 0. The standard InChI is InChI=1S/C18H13IN4O2S/c1-12-4-6-14(7-5-12)26(24,25)23-16(19)9-15-17(21-11-22-18(15)23)13-3-2-8-20-10-13/h2-11H,1H3. The SMILES string of the molecule is Cc1ccc(S(=O)(=O)n2c(I)cc3c(-c4cccnc4)ncnc32)cc1. The van der Waals surface area contributed by atoms with Crippen molar-refractivity contribution in [3.05, 3.63) is 70.4 Å². The highest BCUT2D eigenvalue weighted by Gasteiger charge is 2.24. The molecule has 0 spiro atoms. The van der Waals surface area contributed by atoms with E-state index in [1.165, 1.54) is 10.3 Å². The van der Waals surface area contributed by atoms with E-state index in [-0.39, 0.29) is 4.90 Å². The third-order valence-electron chi connectivity index (χ3n) is 4.01. The summed E-state index contributed by atoms with van der Waals surface area (Å²) >= 11 is 2.01. The lowest BCUT2D eigenvalue weighted by Gasteiger charge is -2.09. The highest BCUT2D eigenvalue weighted by Crippen LogP contribution is 2.31. The van der Waals surface area contributed by atoms with E-state index in [2.05, 4.69) is 15.0 Å². The molecule has 0 saturated carbocycles. The van der Waals surface area contributed by atoms with Crippen LogP contribution in [0.1, 0.15) is 5.56 Å². The molecule has 0 atom stereocenters. The van der Waals surface area contributed by atoms with Gasteiger partial charge in [0.05, 0.1) is 14.3 Å². The zero-order valence-electron chi connectivity index (χ0n) is 13.7. The summed E-state index contributed by atoms with van der Waals surface area (Å²) in [5, 5.41) is 0.667. The first kappa shape index (κ1) is 17.1. The van der Waals surface area contributed by atoms with Crippen LogP contribution >= 0.6 is 22.6 Å². The molecule has 8 heteroatoms. The Balaban J connectivity index is 1.98. The lowest BCUT2D eigenvalue weighted by atomic mass is 10.1. The molecule has 0 saturated heterocycles. The summed E-state index contributed by atoms with van der Waals surface area (Å²) in [4.78, 5) is 12.9. The van der Waals surface area contributed by atoms with Crippen LogP contribution in [0.4, 0.5) is 0 Å². The van der Waals surface area contributed by atoms with Gasteiger partial charge >= 0.3 is 0 Å². The zero-order valence-corrected chi connectivity index (χ0v) is 16.6. The van der Waals surface area contributed by atoms with Gasteiger partial charge in [-0.05, 0) is 59.8 Å². The Labute approximate surface area is 164 Å². The molecule has 0 radical (unpaired) electrons. The number of nitrogens with zero attached hydrogens (tertiary/aromatic N) is 4. The monoisotopic (exact) mass is 476 g/mol. The fraction of sp³-hybridized carbons (Fsp3) is 0.0556. The van der Waals surface area contributed by atoms with Gasteiger partial charge in [0.25, 0.3) is 10.0 Å². The second-order valence-corrected chi connectivity index (χ2v) is 8.64. The Kier molecular flexibility index (Phi) is 4.23.